The smallest absolute Gasteiger partial charge is 0.345 e. The van der Waals surface area contributed by atoms with Gasteiger partial charge in [0.05, 0.1) is 45.4 Å². The Labute approximate surface area is 273 Å². The van der Waals surface area contributed by atoms with Crippen LogP contribution in [-0.2, 0) is 38.3 Å². The predicted octanol–water partition coefficient (Wildman–Crippen LogP) is 6.43. The Morgan fingerprint density at radius 3 is 1.72 bits per heavy atom. The molecule has 1 saturated heterocycles. The maximum Gasteiger partial charge on any atom is 0.345 e. The molecule has 1 heterocycles. The number of rotatable bonds is 16. The van der Waals surface area contributed by atoms with Crippen LogP contribution in [0.2, 0.25) is 0 Å². The van der Waals surface area contributed by atoms with Gasteiger partial charge in [0.25, 0.3) is 10.1 Å². The molecule has 0 aromatic heterocycles. The summed E-state index contributed by atoms with van der Waals surface area (Å²) >= 11 is 0. The third kappa shape index (κ3) is 9.19. The van der Waals surface area contributed by atoms with E-state index in [0.29, 0.717) is 17.9 Å². The van der Waals surface area contributed by atoms with Gasteiger partial charge in [0, 0.05) is 12.6 Å². The van der Waals surface area contributed by atoms with Crippen LogP contribution in [0.1, 0.15) is 50.8 Å². The molecule has 0 aliphatic carbocycles. The zero-order chi connectivity index (χ0) is 33.5. The van der Waals surface area contributed by atoms with Crippen molar-refractivity contribution in [2.75, 3.05) is 39.9 Å². The van der Waals surface area contributed by atoms with Crippen LogP contribution in [0, 0.1) is 0 Å². The second-order valence-corrected chi connectivity index (χ2v) is 15.5. The number of methoxy groups -OCH3 is 2. The van der Waals surface area contributed by atoms with E-state index in [1.54, 1.807) is 41.9 Å². The fraction of sp³-hybridized carbons (Fsp3) is 0.471. The van der Waals surface area contributed by atoms with Crippen LogP contribution < -0.4 is 9.47 Å². The van der Waals surface area contributed by atoms with E-state index in [-0.39, 0.29) is 37.7 Å². The molecule has 252 valence electrons. The molecule has 0 bridgehead atoms. The summed E-state index contributed by atoms with van der Waals surface area (Å²) in [6.45, 7) is 7.54. The van der Waals surface area contributed by atoms with Gasteiger partial charge in [-0.3, -0.25) is 13.6 Å². The molecule has 46 heavy (non-hydrogen) atoms. The van der Waals surface area contributed by atoms with Crippen molar-refractivity contribution in [2.45, 2.75) is 64.1 Å². The van der Waals surface area contributed by atoms with Crippen molar-refractivity contribution >= 4 is 17.7 Å². The summed E-state index contributed by atoms with van der Waals surface area (Å²) in [4.78, 5) is 1.90. The van der Waals surface area contributed by atoms with Gasteiger partial charge in [-0.15, -0.1) is 0 Å². The molecule has 0 spiro atoms. The third-order valence-corrected chi connectivity index (χ3v) is 10.4. The summed E-state index contributed by atoms with van der Waals surface area (Å²) in [5, 5.41) is 0. The van der Waals surface area contributed by atoms with Gasteiger partial charge in [0.2, 0.25) is 0 Å². The average Bonchev–Trinajstić information content (AvgIpc) is 3.36. The lowest BCUT2D eigenvalue weighted by Gasteiger charge is -2.38. The molecule has 3 aromatic carbocycles. The first-order chi connectivity index (χ1) is 21.8. The monoisotopic (exact) mass is 675 g/mol. The van der Waals surface area contributed by atoms with Crippen molar-refractivity contribution in [1.82, 2.24) is 4.90 Å². The second-order valence-electron chi connectivity index (χ2n) is 12.0. The van der Waals surface area contributed by atoms with E-state index in [9.17, 15) is 13.0 Å². The maximum absolute atomic E-state index is 14.0. The SMILES string of the molecule is COc1ccc(C(OC[C@H]2C[C@H](OS(C)(=O)=O)CN2CP(=O)(OC(C)C)OC(C)C)(c2ccccc2)c2ccc(OC)cc2)cc1. The van der Waals surface area contributed by atoms with Crippen molar-refractivity contribution < 1.29 is 40.4 Å². The lowest BCUT2D eigenvalue weighted by Crippen LogP contribution is -2.40. The van der Waals surface area contributed by atoms with Crippen LogP contribution in [-0.4, -0.2) is 77.6 Å². The van der Waals surface area contributed by atoms with Gasteiger partial charge >= 0.3 is 7.60 Å². The topological polar surface area (TPSA) is 110 Å². The summed E-state index contributed by atoms with van der Waals surface area (Å²) in [6, 6.07) is 24.9. The first-order valence-corrected chi connectivity index (χ1v) is 18.9. The Morgan fingerprint density at radius 2 is 1.28 bits per heavy atom. The van der Waals surface area contributed by atoms with Crippen molar-refractivity contribution in [3.05, 3.63) is 95.6 Å². The number of ether oxygens (including phenoxy) is 3. The lowest BCUT2D eigenvalue weighted by molar-refractivity contribution is -0.0145. The first kappa shape index (κ1) is 36.1. The Kier molecular flexibility index (Phi) is 12.1. The van der Waals surface area contributed by atoms with Gasteiger partial charge in [-0.25, -0.2) is 0 Å². The molecule has 2 atom stereocenters. The summed E-state index contributed by atoms with van der Waals surface area (Å²) in [6.07, 6.45) is -0.0505. The molecule has 10 nitrogen and oxygen atoms in total. The average molecular weight is 676 g/mol. The molecule has 4 rings (SSSR count). The molecule has 3 aromatic rings. The van der Waals surface area contributed by atoms with Crippen molar-refractivity contribution in [2.24, 2.45) is 0 Å². The van der Waals surface area contributed by atoms with E-state index in [1.165, 1.54) is 0 Å². The zero-order valence-electron chi connectivity index (χ0n) is 27.6. The third-order valence-electron chi connectivity index (χ3n) is 7.56. The molecule has 0 N–H and O–H groups in total. The van der Waals surface area contributed by atoms with E-state index in [0.717, 1.165) is 22.9 Å². The molecular formula is C34H46NO9PS. The number of benzene rings is 3. The van der Waals surface area contributed by atoms with Gasteiger partial charge in [-0.1, -0.05) is 54.6 Å². The summed E-state index contributed by atoms with van der Waals surface area (Å²) in [5.41, 5.74) is 1.51. The Hall–Kier alpha value is -2.76. The summed E-state index contributed by atoms with van der Waals surface area (Å²) < 4.78 is 73.5. The predicted molar refractivity (Wildman–Crippen MR) is 178 cm³/mol. The van der Waals surface area contributed by atoms with E-state index in [4.69, 9.17) is 27.4 Å². The van der Waals surface area contributed by atoms with Crippen LogP contribution in [0.4, 0.5) is 0 Å². The van der Waals surface area contributed by atoms with Gasteiger partial charge in [-0.05, 0) is 75.1 Å². The second kappa shape index (κ2) is 15.4. The highest BCUT2D eigenvalue weighted by molar-refractivity contribution is 7.86. The molecule has 12 heteroatoms. The van der Waals surface area contributed by atoms with Crippen LogP contribution in [0.3, 0.4) is 0 Å². The van der Waals surface area contributed by atoms with E-state index in [2.05, 4.69) is 0 Å². The van der Waals surface area contributed by atoms with E-state index >= 15 is 0 Å². The molecule has 0 unspecified atom stereocenters. The number of hydrogen-bond donors (Lipinski definition) is 0. The van der Waals surface area contributed by atoms with Gasteiger partial charge in [0.1, 0.15) is 23.4 Å². The lowest BCUT2D eigenvalue weighted by atomic mass is 9.80. The first-order valence-electron chi connectivity index (χ1n) is 15.3. The largest absolute Gasteiger partial charge is 0.497 e. The Balaban J connectivity index is 1.79. The Bertz CT molecular complexity index is 1490. The molecule has 1 aliphatic heterocycles. The minimum Gasteiger partial charge on any atom is -0.497 e. The molecule has 1 fully saturated rings. The maximum atomic E-state index is 14.0. The highest BCUT2D eigenvalue weighted by Gasteiger charge is 2.44. The van der Waals surface area contributed by atoms with E-state index in [1.807, 2.05) is 83.8 Å². The molecule has 0 amide bonds. The fourth-order valence-corrected chi connectivity index (χ4v) is 8.75. The summed E-state index contributed by atoms with van der Waals surface area (Å²) in [7, 11) is -4.12. The molecule has 0 radical (unpaired) electrons. The number of hydrogen-bond acceptors (Lipinski definition) is 10. The molecular weight excluding hydrogens is 629 g/mol. The number of likely N-dealkylation sites (tertiary alicyclic amines) is 1. The quantitative estimate of drug-likeness (QED) is 0.0957. The van der Waals surface area contributed by atoms with Gasteiger partial charge in [0.15, 0.2) is 0 Å². The van der Waals surface area contributed by atoms with Crippen LogP contribution >= 0.6 is 7.60 Å². The minimum atomic E-state index is -3.74. The summed E-state index contributed by atoms with van der Waals surface area (Å²) in [5.74, 6) is 1.41. The standard InChI is InChI=1S/C34H46NO9PS/c1-25(2)42-45(36,43-26(3)4)24-35-22-33(44-46(7,37)38)21-30(35)23-41-34(27-11-9-8-10-12-27,28-13-17-31(39-5)18-14-28)29-15-19-32(40-6)20-16-29/h8-20,25-26,30,33H,21-24H2,1-7H3/t30-,33+/m1/s1. The Morgan fingerprint density at radius 1 is 0.804 bits per heavy atom. The van der Waals surface area contributed by atoms with Crippen molar-refractivity contribution in [3.8, 4) is 11.5 Å². The van der Waals surface area contributed by atoms with Crippen molar-refractivity contribution in [1.29, 1.82) is 0 Å². The van der Waals surface area contributed by atoms with Crippen LogP contribution in [0.5, 0.6) is 11.5 Å². The van der Waals surface area contributed by atoms with Crippen LogP contribution in [0.15, 0.2) is 78.9 Å². The van der Waals surface area contributed by atoms with Gasteiger partial charge in [-0.2, -0.15) is 8.42 Å². The van der Waals surface area contributed by atoms with Crippen LogP contribution in [0.25, 0.3) is 0 Å². The molecule has 1 aliphatic rings. The normalized spacial score (nSPS) is 17.9. The number of nitrogens with zero attached hydrogens (tertiary/aromatic N) is 1. The minimum absolute atomic E-state index is 0.0512. The van der Waals surface area contributed by atoms with Crippen molar-refractivity contribution in [3.63, 3.8) is 0 Å². The highest BCUT2D eigenvalue weighted by Crippen LogP contribution is 2.52. The van der Waals surface area contributed by atoms with E-state index < -0.39 is 29.4 Å². The van der Waals surface area contributed by atoms with Gasteiger partial charge < -0.3 is 23.3 Å². The fourth-order valence-electron chi connectivity index (χ4n) is 5.85. The highest BCUT2D eigenvalue weighted by atomic mass is 32.2. The zero-order valence-corrected chi connectivity index (χ0v) is 29.3. The molecule has 0 saturated carbocycles.